The first-order chi connectivity index (χ1) is 7.29. The van der Waals surface area contributed by atoms with Crippen LogP contribution in [-0.4, -0.2) is 17.2 Å². The van der Waals surface area contributed by atoms with E-state index in [9.17, 15) is 9.59 Å². The van der Waals surface area contributed by atoms with Crippen LogP contribution in [-0.2, 0) is 4.79 Å². The van der Waals surface area contributed by atoms with Gasteiger partial charge in [0.1, 0.15) is 11.4 Å². The Kier molecular flexibility index (Phi) is 3.48. The van der Waals surface area contributed by atoms with E-state index in [0.29, 0.717) is 11.3 Å². The molecule has 3 heteroatoms. The van der Waals surface area contributed by atoms with E-state index in [0.717, 1.165) is 0 Å². The van der Waals surface area contributed by atoms with Gasteiger partial charge in [0, 0.05) is 12.5 Å². The molecule has 1 rings (SSSR count). The van der Waals surface area contributed by atoms with E-state index >= 15 is 0 Å². The Morgan fingerprint density at radius 3 is 1.94 bits per heavy atom. The third-order valence-corrected chi connectivity index (χ3v) is 1.86. The summed E-state index contributed by atoms with van der Waals surface area (Å²) >= 11 is 0. The van der Waals surface area contributed by atoms with Crippen molar-refractivity contribution < 1.29 is 14.3 Å². The van der Waals surface area contributed by atoms with Gasteiger partial charge < -0.3 is 4.74 Å². The van der Waals surface area contributed by atoms with Crippen molar-refractivity contribution in [3.63, 3.8) is 0 Å². The van der Waals surface area contributed by atoms with E-state index in [4.69, 9.17) is 4.74 Å². The molecular weight excluding hydrogens is 204 g/mol. The highest BCUT2D eigenvalue weighted by Crippen LogP contribution is 2.18. The average molecular weight is 220 g/mol. The monoisotopic (exact) mass is 220 g/mol. The Bertz CT molecular complexity index is 396. The van der Waals surface area contributed by atoms with Crippen LogP contribution in [0.5, 0.6) is 5.75 Å². The number of carbonyl (C=O) groups is 2. The molecule has 0 saturated heterocycles. The number of ether oxygens (including phenoxy) is 1. The third kappa shape index (κ3) is 3.50. The van der Waals surface area contributed by atoms with Crippen molar-refractivity contribution in [1.29, 1.82) is 0 Å². The van der Waals surface area contributed by atoms with E-state index < -0.39 is 11.6 Å². The predicted octanol–water partition coefficient (Wildman–Crippen LogP) is 2.64. The Hall–Kier alpha value is -1.64. The van der Waals surface area contributed by atoms with Crippen LogP contribution in [0, 0.1) is 0 Å². The van der Waals surface area contributed by atoms with E-state index in [2.05, 4.69) is 0 Å². The van der Waals surface area contributed by atoms with Gasteiger partial charge in [0.05, 0.1) is 0 Å². The van der Waals surface area contributed by atoms with Gasteiger partial charge in [0.15, 0.2) is 5.78 Å². The maximum absolute atomic E-state index is 11.4. The molecule has 0 amide bonds. The number of carbonyl (C=O) groups excluding carboxylic acids is 2. The Balaban J connectivity index is 2.84. The van der Waals surface area contributed by atoms with Crippen molar-refractivity contribution >= 4 is 11.6 Å². The zero-order valence-corrected chi connectivity index (χ0v) is 10.0. The Morgan fingerprint density at radius 1 is 1.06 bits per heavy atom. The van der Waals surface area contributed by atoms with Crippen LogP contribution < -0.4 is 4.74 Å². The van der Waals surface area contributed by atoms with E-state index in [1.807, 2.05) is 20.8 Å². The van der Waals surface area contributed by atoms with Crippen molar-refractivity contribution in [2.45, 2.75) is 33.3 Å². The standard InChI is InChI=1S/C13H16O3/c1-9(14)12(15)10-5-7-11(8-6-10)16-13(2,3)4/h5-8H,1-4H3. The molecule has 16 heavy (non-hydrogen) atoms. The summed E-state index contributed by atoms with van der Waals surface area (Å²) in [4.78, 5) is 22.2. The average Bonchev–Trinajstić information content (AvgIpc) is 2.15. The minimum absolute atomic E-state index is 0.272. The second-order valence-electron chi connectivity index (χ2n) is 4.62. The van der Waals surface area contributed by atoms with E-state index in [1.165, 1.54) is 6.92 Å². The topological polar surface area (TPSA) is 43.4 Å². The molecule has 0 N–H and O–H groups in total. The molecular formula is C13H16O3. The van der Waals surface area contributed by atoms with Gasteiger partial charge in [-0.2, -0.15) is 0 Å². The highest BCUT2D eigenvalue weighted by Gasteiger charge is 2.13. The number of ketones is 2. The first-order valence-corrected chi connectivity index (χ1v) is 5.14. The highest BCUT2D eigenvalue weighted by molar-refractivity contribution is 6.42. The molecule has 0 fully saturated rings. The minimum atomic E-state index is -0.470. The fourth-order valence-electron chi connectivity index (χ4n) is 1.23. The molecule has 0 spiro atoms. The number of hydrogen-bond donors (Lipinski definition) is 0. The van der Waals surface area contributed by atoms with Crippen LogP contribution in [0.25, 0.3) is 0 Å². The summed E-state index contributed by atoms with van der Waals surface area (Å²) in [6.45, 7) is 7.10. The number of rotatable bonds is 3. The molecule has 0 heterocycles. The summed E-state index contributed by atoms with van der Waals surface area (Å²) in [5.74, 6) is -0.237. The first kappa shape index (κ1) is 12.4. The number of hydrogen-bond acceptors (Lipinski definition) is 3. The highest BCUT2D eigenvalue weighted by atomic mass is 16.5. The summed E-state index contributed by atoms with van der Waals surface area (Å²) in [6, 6.07) is 6.60. The van der Waals surface area contributed by atoms with Crippen molar-refractivity contribution in [3.05, 3.63) is 29.8 Å². The van der Waals surface area contributed by atoms with Gasteiger partial charge >= 0.3 is 0 Å². The Labute approximate surface area is 95.4 Å². The van der Waals surface area contributed by atoms with Gasteiger partial charge in [0.25, 0.3) is 0 Å². The van der Waals surface area contributed by atoms with Gasteiger partial charge in [-0.3, -0.25) is 9.59 Å². The molecule has 0 aliphatic carbocycles. The molecule has 0 saturated carbocycles. The van der Waals surface area contributed by atoms with Crippen LogP contribution in [0.15, 0.2) is 24.3 Å². The SMILES string of the molecule is CC(=O)C(=O)c1ccc(OC(C)(C)C)cc1. The van der Waals surface area contributed by atoms with Crippen molar-refractivity contribution in [1.82, 2.24) is 0 Å². The maximum atomic E-state index is 11.4. The molecule has 0 aromatic heterocycles. The lowest BCUT2D eigenvalue weighted by Crippen LogP contribution is -2.22. The van der Waals surface area contributed by atoms with Crippen LogP contribution in [0.3, 0.4) is 0 Å². The lowest BCUT2D eigenvalue weighted by molar-refractivity contribution is -0.113. The van der Waals surface area contributed by atoms with Crippen LogP contribution >= 0.6 is 0 Å². The van der Waals surface area contributed by atoms with Crippen molar-refractivity contribution in [2.75, 3.05) is 0 Å². The fourth-order valence-corrected chi connectivity index (χ4v) is 1.23. The quantitative estimate of drug-likeness (QED) is 0.581. The van der Waals surface area contributed by atoms with Crippen molar-refractivity contribution in [3.8, 4) is 5.75 Å². The summed E-state index contributed by atoms with van der Waals surface area (Å²) in [6.07, 6.45) is 0. The maximum Gasteiger partial charge on any atom is 0.228 e. The van der Waals surface area contributed by atoms with Crippen LogP contribution in [0.4, 0.5) is 0 Å². The fraction of sp³-hybridized carbons (Fsp3) is 0.385. The first-order valence-electron chi connectivity index (χ1n) is 5.14. The molecule has 1 aromatic carbocycles. The second kappa shape index (κ2) is 4.47. The zero-order chi connectivity index (χ0) is 12.3. The van der Waals surface area contributed by atoms with Gasteiger partial charge in [-0.05, 0) is 45.0 Å². The minimum Gasteiger partial charge on any atom is -0.488 e. The van der Waals surface area contributed by atoms with Crippen molar-refractivity contribution in [2.24, 2.45) is 0 Å². The third-order valence-electron chi connectivity index (χ3n) is 1.86. The van der Waals surface area contributed by atoms with Gasteiger partial charge in [-0.1, -0.05) is 0 Å². The summed E-state index contributed by atoms with van der Waals surface area (Å²) in [7, 11) is 0. The van der Waals surface area contributed by atoms with E-state index in [-0.39, 0.29) is 5.60 Å². The predicted molar refractivity (Wildman–Crippen MR) is 61.8 cm³/mol. The summed E-state index contributed by atoms with van der Waals surface area (Å²) in [5.41, 5.74) is 0.125. The van der Waals surface area contributed by atoms with E-state index in [1.54, 1.807) is 24.3 Å². The normalized spacial score (nSPS) is 11.0. The van der Waals surface area contributed by atoms with Gasteiger partial charge in [-0.15, -0.1) is 0 Å². The molecule has 0 aliphatic rings. The lowest BCUT2D eigenvalue weighted by Gasteiger charge is -2.21. The molecule has 86 valence electrons. The largest absolute Gasteiger partial charge is 0.488 e. The number of Topliss-reactive ketones (excluding diaryl/α,β-unsaturated/α-hetero) is 2. The smallest absolute Gasteiger partial charge is 0.228 e. The number of benzene rings is 1. The summed E-state index contributed by atoms with van der Waals surface area (Å²) in [5, 5.41) is 0. The molecule has 0 atom stereocenters. The van der Waals surface area contributed by atoms with Crippen LogP contribution in [0.2, 0.25) is 0 Å². The second-order valence-corrected chi connectivity index (χ2v) is 4.62. The molecule has 0 aliphatic heterocycles. The molecule has 0 bridgehead atoms. The molecule has 1 aromatic rings. The van der Waals surface area contributed by atoms with Crippen LogP contribution in [0.1, 0.15) is 38.1 Å². The molecule has 0 unspecified atom stereocenters. The molecule has 3 nitrogen and oxygen atoms in total. The zero-order valence-electron chi connectivity index (χ0n) is 10.0. The van der Waals surface area contributed by atoms with Gasteiger partial charge in [0.2, 0.25) is 5.78 Å². The molecule has 0 radical (unpaired) electrons. The lowest BCUT2D eigenvalue weighted by atomic mass is 10.1. The van der Waals surface area contributed by atoms with Gasteiger partial charge in [-0.25, -0.2) is 0 Å². The summed E-state index contributed by atoms with van der Waals surface area (Å²) < 4.78 is 5.60. The Morgan fingerprint density at radius 2 is 1.56 bits per heavy atom.